The fraction of sp³-hybridized carbons (Fsp3) is 0.200. The summed E-state index contributed by atoms with van der Waals surface area (Å²) in [5.74, 6) is 0.705. The first-order valence-corrected chi connectivity index (χ1v) is 5.55. The summed E-state index contributed by atoms with van der Waals surface area (Å²) in [5, 5.41) is 16.5. The first-order chi connectivity index (χ1) is 7.38. The molecule has 0 spiro atoms. The number of rotatable bonds is 4. The Labute approximate surface area is 91.9 Å². The topological polar surface area (TPSA) is 50.9 Å². The molecule has 78 valence electrons. The third-order valence-corrected chi connectivity index (χ3v) is 2.85. The molecule has 15 heavy (non-hydrogen) atoms. The number of benzene rings is 1. The van der Waals surface area contributed by atoms with Gasteiger partial charge in [0.1, 0.15) is 5.69 Å². The Morgan fingerprint density at radius 1 is 1.27 bits per heavy atom. The van der Waals surface area contributed by atoms with Gasteiger partial charge in [0.2, 0.25) is 0 Å². The zero-order chi connectivity index (χ0) is 10.5. The van der Waals surface area contributed by atoms with Crippen LogP contribution in [-0.2, 0) is 12.5 Å². The van der Waals surface area contributed by atoms with Crippen molar-refractivity contribution in [3.8, 4) is 0 Å². The highest BCUT2D eigenvalue weighted by molar-refractivity contribution is 7.98. The molecule has 0 atom stereocenters. The van der Waals surface area contributed by atoms with Crippen LogP contribution in [0.25, 0.3) is 0 Å². The standard InChI is InChI=1S/C10H11N3OS/c14-7-9-6-13(12-11-9)8-15-10-4-2-1-3-5-10/h1-6,14H,7-8H2. The smallest absolute Gasteiger partial charge is 0.108 e. The van der Waals surface area contributed by atoms with E-state index in [1.807, 2.05) is 18.2 Å². The van der Waals surface area contributed by atoms with Gasteiger partial charge in [-0.25, -0.2) is 4.68 Å². The minimum absolute atomic E-state index is 0.0595. The van der Waals surface area contributed by atoms with Crippen LogP contribution in [-0.4, -0.2) is 20.1 Å². The summed E-state index contributed by atoms with van der Waals surface area (Å²) in [5.41, 5.74) is 0.601. The average molecular weight is 221 g/mol. The number of aromatic nitrogens is 3. The molecule has 0 unspecified atom stereocenters. The van der Waals surface area contributed by atoms with Gasteiger partial charge in [0.15, 0.2) is 0 Å². The molecule has 0 saturated carbocycles. The number of aliphatic hydroxyl groups excluding tert-OH is 1. The Morgan fingerprint density at radius 3 is 2.73 bits per heavy atom. The van der Waals surface area contributed by atoms with E-state index < -0.39 is 0 Å². The third-order valence-electron chi connectivity index (χ3n) is 1.85. The first kappa shape index (κ1) is 10.2. The van der Waals surface area contributed by atoms with E-state index in [9.17, 15) is 0 Å². The third kappa shape index (κ3) is 2.81. The molecule has 2 rings (SSSR count). The van der Waals surface area contributed by atoms with Crippen molar-refractivity contribution in [2.75, 3.05) is 0 Å². The Morgan fingerprint density at radius 2 is 2.07 bits per heavy atom. The SMILES string of the molecule is OCc1cn(CSc2ccccc2)nn1. The highest BCUT2D eigenvalue weighted by Crippen LogP contribution is 2.18. The van der Waals surface area contributed by atoms with E-state index >= 15 is 0 Å². The van der Waals surface area contributed by atoms with Crippen LogP contribution in [0.4, 0.5) is 0 Å². The Bertz CT molecular complexity index is 416. The fourth-order valence-corrected chi connectivity index (χ4v) is 1.89. The van der Waals surface area contributed by atoms with Gasteiger partial charge in [-0.1, -0.05) is 23.4 Å². The Hall–Kier alpha value is -1.33. The predicted molar refractivity (Wildman–Crippen MR) is 58.2 cm³/mol. The van der Waals surface area contributed by atoms with Crippen LogP contribution in [0.5, 0.6) is 0 Å². The van der Waals surface area contributed by atoms with Crippen LogP contribution >= 0.6 is 11.8 Å². The van der Waals surface area contributed by atoms with E-state index in [-0.39, 0.29) is 6.61 Å². The van der Waals surface area contributed by atoms with Gasteiger partial charge in [-0.2, -0.15) is 0 Å². The van der Waals surface area contributed by atoms with Crippen molar-refractivity contribution < 1.29 is 5.11 Å². The van der Waals surface area contributed by atoms with Gasteiger partial charge in [0, 0.05) is 4.90 Å². The molecule has 0 radical (unpaired) electrons. The van der Waals surface area contributed by atoms with E-state index in [1.54, 1.807) is 22.6 Å². The summed E-state index contributed by atoms with van der Waals surface area (Å²) in [6.07, 6.45) is 1.75. The van der Waals surface area contributed by atoms with Gasteiger partial charge in [-0.05, 0) is 12.1 Å². The first-order valence-electron chi connectivity index (χ1n) is 4.56. The lowest BCUT2D eigenvalue weighted by atomic mass is 10.4. The van der Waals surface area contributed by atoms with E-state index in [4.69, 9.17) is 5.11 Å². The number of aliphatic hydroxyl groups is 1. The lowest BCUT2D eigenvalue weighted by Crippen LogP contribution is -1.94. The normalized spacial score (nSPS) is 10.5. The molecule has 0 aliphatic carbocycles. The molecule has 0 fully saturated rings. The van der Waals surface area contributed by atoms with Gasteiger partial charge in [0.25, 0.3) is 0 Å². The molecule has 0 saturated heterocycles. The molecule has 1 heterocycles. The van der Waals surface area contributed by atoms with Crippen molar-refractivity contribution in [2.45, 2.75) is 17.4 Å². The van der Waals surface area contributed by atoms with Crippen molar-refractivity contribution in [2.24, 2.45) is 0 Å². The van der Waals surface area contributed by atoms with Crippen LogP contribution < -0.4 is 0 Å². The summed E-state index contributed by atoms with van der Waals surface area (Å²) in [6, 6.07) is 10.1. The van der Waals surface area contributed by atoms with Crippen LogP contribution in [0.2, 0.25) is 0 Å². The van der Waals surface area contributed by atoms with Crippen LogP contribution in [0.1, 0.15) is 5.69 Å². The highest BCUT2D eigenvalue weighted by Gasteiger charge is 1.99. The summed E-state index contributed by atoms with van der Waals surface area (Å²) in [4.78, 5) is 1.19. The lowest BCUT2D eigenvalue weighted by Gasteiger charge is -1.99. The van der Waals surface area contributed by atoms with E-state index in [0.29, 0.717) is 11.6 Å². The monoisotopic (exact) mass is 221 g/mol. The van der Waals surface area contributed by atoms with Crippen molar-refractivity contribution >= 4 is 11.8 Å². The molecule has 1 aromatic heterocycles. The van der Waals surface area contributed by atoms with E-state index in [0.717, 1.165) is 0 Å². The molecular weight excluding hydrogens is 210 g/mol. The predicted octanol–water partition coefficient (Wildman–Crippen LogP) is 1.52. The molecule has 0 aliphatic heterocycles. The van der Waals surface area contributed by atoms with Gasteiger partial charge >= 0.3 is 0 Å². The lowest BCUT2D eigenvalue weighted by molar-refractivity contribution is 0.276. The average Bonchev–Trinajstić information content (AvgIpc) is 2.76. The number of hydrogen-bond acceptors (Lipinski definition) is 4. The fourth-order valence-electron chi connectivity index (χ4n) is 1.13. The zero-order valence-electron chi connectivity index (χ0n) is 8.08. The second kappa shape index (κ2) is 4.95. The molecule has 0 bridgehead atoms. The van der Waals surface area contributed by atoms with E-state index in [1.165, 1.54) is 4.90 Å². The second-order valence-corrected chi connectivity index (χ2v) is 4.01. The van der Waals surface area contributed by atoms with Gasteiger partial charge in [-0.15, -0.1) is 16.9 Å². The van der Waals surface area contributed by atoms with Crippen molar-refractivity contribution in [3.63, 3.8) is 0 Å². The molecule has 5 heteroatoms. The summed E-state index contributed by atoms with van der Waals surface area (Å²) >= 11 is 1.68. The molecule has 0 aliphatic rings. The summed E-state index contributed by atoms with van der Waals surface area (Å²) < 4.78 is 1.71. The number of thioether (sulfide) groups is 1. The molecule has 0 amide bonds. The molecule has 2 aromatic rings. The van der Waals surface area contributed by atoms with Gasteiger partial charge < -0.3 is 5.11 Å². The minimum Gasteiger partial charge on any atom is -0.390 e. The minimum atomic E-state index is -0.0595. The van der Waals surface area contributed by atoms with Crippen LogP contribution in [0, 0.1) is 0 Å². The second-order valence-electron chi connectivity index (χ2n) is 2.99. The maximum Gasteiger partial charge on any atom is 0.108 e. The Kier molecular flexibility index (Phi) is 3.37. The molecule has 1 N–H and O–H groups in total. The molecule has 1 aromatic carbocycles. The van der Waals surface area contributed by atoms with Crippen molar-refractivity contribution in [3.05, 3.63) is 42.2 Å². The summed E-state index contributed by atoms with van der Waals surface area (Å²) in [7, 11) is 0. The quantitative estimate of drug-likeness (QED) is 0.795. The van der Waals surface area contributed by atoms with Gasteiger partial charge in [-0.3, -0.25) is 0 Å². The maximum atomic E-state index is 8.81. The number of nitrogens with zero attached hydrogens (tertiary/aromatic N) is 3. The van der Waals surface area contributed by atoms with Crippen LogP contribution in [0.15, 0.2) is 41.4 Å². The largest absolute Gasteiger partial charge is 0.390 e. The summed E-state index contributed by atoms with van der Waals surface area (Å²) in [6.45, 7) is -0.0595. The van der Waals surface area contributed by atoms with Crippen molar-refractivity contribution in [1.29, 1.82) is 0 Å². The zero-order valence-corrected chi connectivity index (χ0v) is 8.89. The highest BCUT2D eigenvalue weighted by atomic mass is 32.2. The van der Waals surface area contributed by atoms with Crippen molar-refractivity contribution in [1.82, 2.24) is 15.0 Å². The Balaban J connectivity index is 1.93. The number of hydrogen-bond donors (Lipinski definition) is 1. The molecule has 4 nitrogen and oxygen atoms in total. The maximum absolute atomic E-state index is 8.81. The molecular formula is C10H11N3OS. The van der Waals surface area contributed by atoms with Gasteiger partial charge in [0.05, 0.1) is 18.7 Å². The van der Waals surface area contributed by atoms with E-state index in [2.05, 4.69) is 22.4 Å². The van der Waals surface area contributed by atoms with Crippen LogP contribution in [0.3, 0.4) is 0 Å².